The van der Waals surface area contributed by atoms with Crippen LogP contribution in [0, 0.1) is 0 Å². The maximum atomic E-state index is 12.8. The van der Waals surface area contributed by atoms with Gasteiger partial charge in [-0.3, -0.25) is 19.3 Å². The Balaban J connectivity index is 1.79. The van der Waals surface area contributed by atoms with Gasteiger partial charge in [0.25, 0.3) is 17.7 Å². The van der Waals surface area contributed by atoms with Gasteiger partial charge in [0, 0.05) is 26.2 Å². The molecule has 0 atom stereocenters. The summed E-state index contributed by atoms with van der Waals surface area (Å²) in [5, 5.41) is 0. The number of imide groups is 1. The summed E-state index contributed by atoms with van der Waals surface area (Å²) in [6.45, 7) is 2.78. The van der Waals surface area contributed by atoms with Gasteiger partial charge >= 0.3 is 0 Å². The summed E-state index contributed by atoms with van der Waals surface area (Å²) in [5.41, 5.74) is 1.82. The number of hydrogen-bond donors (Lipinski definition) is 0. The lowest BCUT2D eigenvalue weighted by molar-refractivity contribution is 0.0692. The second-order valence-electron chi connectivity index (χ2n) is 6.51. The third-order valence-corrected chi connectivity index (χ3v) is 4.63. The average molecular weight is 382 g/mol. The Hall–Kier alpha value is -3.35. The van der Waals surface area contributed by atoms with E-state index < -0.39 is 5.91 Å². The van der Waals surface area contributed by atoms with Crippen LogP contribution in [0.5, 0.6) is 11.5 Å². The fourth-order valence-electron chi connectivity index (χ4n) is 3.15. The molecule has 0 bridgehead atoms. The zero-order chi connectivity index (χ0) is 20.4. The minimum Gasteiger partial charge on any atom is -0.493 e. The van der Waals surface area contributed by atoms with Crippen LogP contribution in [0.25, 0.3) is 0 Å². The van der Waals surface area contributed by atoms with Crippen molar-refractivity contribution in [1.82, 2.24) is 9.80 Å². The number of nitrogens with zero attached hydrogens (tertiary/aromatic N) is 2. The van der Waals surface area contributed by atoms with E-state index in [4.69, 9.17) is 9.47 Å². The summed E-state index contributed by atoms with van der Waals surface area (Å²) in [4.78, 5) is 39.5. The van der Waals surface area contributed by atoms with Gasteiger partial charge in [-0.1, -0.05) is 6.07 Å². The van der Waals surface area contributed by atoms with Gasteiger partial charge < -0.3 is 14.4 Å². The highest BCUT2D eigenvalue weighted by atomic mass is 16.5. The molecule has 0 saturated carbocycles. The SMILES string of the molecule is CCOc1ccc(CN(C)C(=O)c2ccc3c(c2)C(=O)N(C)C3=O)cc1OC. The predicted octanol–water partition coefficient (Wildman–Crippen LogP) is 2.59. The second-order valence-corrected chi connectivity index (χ2v) is 6.51. The van der Waals surface area contributed by atoms with Crippen molar-refractivity contribution in [2.75, 3.05) is 27.8 Å². The van der Waals surface area contributed by atoms with Gasteiger partial charge in [-0.15, -0.1) is 0 Å². The number of ether oxygens (including phenoxy) is 2. The molecule has 2 aromatic rings. The number of carbonyl (C=O) groups is 3. The van der Waals surface area contributed by atoms with E-state index in [1.54, 1.807) is 25.1 Å². The molecule has 2 aromatic carbocycles. The lowest BCUT2D eigenvalue weighted by Gasteiger charge is -2.19. The van der Waals surface area contributed by atoms with Crippen LogP contribution in [0.2, 0.25) is 0 Å². The molecule has 3 rings (SSSR count). The van der Waals surface area contributed by atoms with E-state index in [-0.39, 0.29) is 17.4 Å². The average Bonchev–Trinajstić information content (AvgIpc) is 2.92. The van der Waals surface area contributed by atoms with Crippen molar-refractivity contribution in [2.24, 2.45) is 0 Å². The molecule has 0 unspecified atom stereocenters. The van der Waals surface area contributed by atoms with Gasteiger partial charge in [-0.25, -0.2) is 0 Å². The van der Waals surface area contributed by atoms with Crippen molar-refractivity contribution < 1.29 is 23.9 Å². The standard InChI is InChI=1S/C21H22N2O5/c1-5-28-17-9-6-13(10-18(17)27-4)12-22(2)19(24)14-7-8-15-16(11-14)21(26)23(3)20(15)25/h6-11H,5,12H2,1-4H3. The van der Waals surface area contributed by atoms with Crippen molar-refractivity contribution >= 4 is 17.7 Å². The van der Waals surface area contributed by atoms with E-state index in [0.29, 0.717) is 35.8 Å². The highest BCUT2D eigenvalue weighted by Gasteiger charge is 2.33. The van der Waals surface area contributed by atoms with Gasteiger partial charge in [-0.05, 0) is 42.8 Å². The van der Waals surface area contributed by atoms with Crippen molar-refractivity contribution in [2.45, 2.75) is 13.5 Å². The molecule has 7 heteroatoms. The van der Waals surface area contributed by atoms with Crippen molar-refractivity contribution in [3.8, 4) is 11.5 Å². The van der Waals surface area contributed by atoms with E-state index in [9.17, 15) is 14.4 Å². The fraction of sp³-hybridized carbons (Fsp3) is 0.286. The van der Waals surface area contributed by atoms with Crippen LogP contribution in [0.3, 0.4) is 0 Å². The summed E-state index contributed by atoms with van der Waals surface area (Å²) < 4.78 is 10.9. The lowest BCUT2D eigenvalue weighted by atomic mass is 10.0. The van der Waals surface area contributed by atoms with Gasteiger partial charge in [0.15, 0.2) is 11.5 Å². The third kappa shape index (κ3) is 3.43. The van der Waals surface area contributed by atoms with Gasteiger partial charge in [0.2, 0.25) is 0 Å². The van der Waals surface area contributed by atoms with E-state index in [2.05, 4.69) is 0 Å². The minimum absolute atomic E-state index is 0.245. The van der Waals surface area contributed by atoms with Gasteiger partial charge in [0.1, 0.15) is 0 Å². The molecule has 1 heterocycles. The van der Waals surface area contributed by atoms with Gasteiger partial charge in [-0.2, -0.15) is 0 Å². The largest absolute Gasteiger partial charge is 0.493 e. The van der Waals surface area contributed by atoms with E-state index in [1.165, 1.54) is 19.2 Å². The maximum absolute atomic E-state index is 12.8. The summed E-state index contributed by atoms with van der Waals surface area (Å²) >= 11 is 0. The molecular formula is C21H22N2O5. The number of hydrogen-bond acceptors (Lipinski definition) is 5. The molecule has 0 fully saturated rings. The molecule has 1 aliphatic rings. The van der Waals surface area contributed by atoms with E-state index in [0.717, 1.165) is 10.5 Å². The number of fused-ring (bicyclic) bond motifs is 1. The molecule has 0 saturated heterocycles. The summed E-state index contributed by atoms with van der Waals surface area (Å²) in [7, 11) is 4.67. The van der Waals surface area contributed by atoms with Crippen molar-refractivity contribution in [3.63, 3.8) is 0 Å². The highest BCUT2D eigenvalue weighted by Crippen LogP contribution is 2.29. The number of carbonyl (C=O) groups excluding carboxylic acids is 3. The number of benzene rings is 2. The smallest absolute Gasteiger partial charge is 0.261 e. The monoisotopic (exact) mass is 382 g/mol. The van der Waals surface area contributed by atoms with Crippen molar-refractivity contribution in [1.29, 1.82) is 0 Å². The number of amides is 3. The molecule has 0 aromatic heterocycles. The molecule has 0 radical (unpaired) electrons. The topological polar surface area (TPSA) is 76.2 Å². The summed E-state index contributed by atoms with van der Waals surface area (Å²) in [6, 6.07) is 10.1. The lowest BCUT2D eigenvalue weighted by Crippen LogP contribution is -2.26. The Morgan fingerprint density at radius 2 is 1.75 bits per heavy atom. The molecule has 7 nitrogen and oxygen atoms in total. The van der Waals surface area contributed by atoms with E-state index >= 15 is 0 Å². The Labute approximate surface area is 163 Å². The molecule has 0 spiro atoms. The van der Waals surface area contributed by atoms with Crippen molar-refractivity contribution in [3.05, 3.63) is 58.7 Å². The summed E-state index contributed by atoms with van der Waals surface area (Å²) in [5.74, 6) is 0.256. The molecule has 28 heavy (non-hydrogen) atoms. The molecule has 0 aliphatic carbocycles. The molecular weight excluding hydrogens is 360 g/mol. The Bertz CT molecular complexity index is 954. The normalized spacial score (nSPS) is 12.8. The summed E-state index contributed by atoms with van der Waals surface area (Å²) in [6.07, 6.45) is 0. The second kappa shape index (κ2) is 7.72. The highest BCUT2D eigenvalue weighted by molar-refractivity contribution is 6.21. The Morgan fingerprint density at radius 3 is 2.43 bits per heavy atom. The molecule has 146 valence electrons. The quantitative estimate of drug-likeness (QED) is 0.718. The van der Waals surface area contributed by atoms with Crippen LogP contribution in [0.4, 0.5) is 0 Å². The van der Waals surface area contributed by atoms with E-state index in [1.807, 2.05) is 25.1 Å². The van der Waals surface area contributed by atoms with Crippen LogP contribution < -0.4 is 9.47 Å². The van der Waals surface area contributed by atoms with Crippen LogP contribution in [-0.2, 0) is 6.54 Å². The Morgan fingerprint density at radius 1 is 1.04 bits per heavy atom. The number of rotatable bonds is 6. The van der Waals surface area contributed by atoms with Crippen LogP contribution in [-0.4, -0.2) is 55.3 Å². The first-order valence-corrected chi connectivity index (χ1v) is 8.89. The zero-order valence-electron chi connectivity index (χ0n) is 16.3. The van der Waals surface area contributed by atoms with Crippen LogP contribution in [0.1, 0.15) is 43.6 Å². The first kappa shape index (κ1) is 19.4. The molecule has 1 aliphatic heterocycles. The Kier molecular flexibility index (Phi) is 5.35. The third-order valence-electron chi connectivity index (χ3n) is 4.63. The minimum atomic E-state index is -0.395. The zero-order valence-corrected chi connectivity index (χ0v) is 16.3. The van der Waals surface area contributed by atoms with Crippen LogP contribution >= 0.6 is 0 Å². The van der Waals surface area contributed by atoms with Crippen LogP contribution in [0.15, 0.2) is 36.4 Å². The predicted molar refractivity (Wildman–Crippen MR) is 103 cm³/mol. The molecule has 3 amide bonds. The fourth-order valence-corrected chi connectivity index (χ4v) is 3.15. The van der Waals surface area contributed by atoms with Gasteiger partial charge in [0.05, 0.1) is 24.8 Å². The first-order valence-electron chi connectivity index (χ1n) is 8.89. The number of methoxy groups -OCH3 is 1. The maximum Gasteiger partial charge on any atom is 0.261 e. The first-order chi connectivity index (χ1) is 13.4. The molecule has 0 N–H and O–H groups in total.